The molecule has 1 saturated carbocycles. The molecule has 1 unspecified atom stereocenters. The number of carbonyl (C=O) groups is 1. The highest BCUT2D eigenvalue weighted by Crippen LogP contribution is 2.40. The molecule has 4 nitrogen and oxygen atoms in total. The van der Waals surface area contributed by atoms with E-state index < -0.39 is 0 Å². The average Bonchev–Trinajstić information content (AvgIpc) is 2.89. The van der Waals surface area contributed by atoms with Gasteiger partial charge in [0.05, 0.1) is 28.5 Å². The second-order valence-corrected chi connectivity index (χ2v) is 6.40. The molecule has 114 valence electrons. The molecular weight excluding hydrogens is 290 g/mol. The van der Waals surface area contributed by atoms with Crippen LogP contribution in [-0.4, -0.2) is 24.3 Å². The summed E-state index contributed by atoms with van der Waals surface area (Å²) < 4.78 is 11.6. The minimum Gasteiger partial charge on any atom is -0.459 e. The minimum absolute atomic E-state index is 0.0536. The lowest BCUT2D eigenvalue weighted by atomic mass is 9.90. The van der Waals surface area contributed by atoms with Crippen molar-refractivity contribution in [2.45, 2.75) is 50.2 Å². The molecule has 2 fully saturated rings. The van der Waals surface area contributed by atoms with Gasteiger partial charge in [-0.05, 0) is 31.0 Å². The SMILES string of the molecule is Nc1ccc(C(=O)OC2CCOC3(CCCC3)C2)cc1Cl. The molecule has 1 atom stereocenters. The summed E-state index contributed by atoms with van der Waals surface area (Å²) in [5, 5.41) is 0.378. The zero-order valence-electron chi connectivity index (χ0n) is 11.9. The second-order valence-electron chi connectivity index (χ2n) is 5.99. The summed E-state index contributed by atoms with van der Waals surface area (Å²) in [7, 11) is 0. The van der Waals surface area contributed by atoms with Crippen molar-refractivity contribution in [3.63, 3.8) is 0 Å². The molecule has 0 radical (unpaired) electrons. The molecule has 1 heterocycles. The minimum atomic E-state index is -0.336. The lowest BCUT2D eigenvalue weighted by Gasteiger charge is -2.37. The van der Waals surface area contributed by atoms with Gasteiger partial charge in [-0.2, -0.15) is 0 Å². The van der Waals surface area contributed by atoms with Crippen molar-refractivity contribution in [3.8, 4) is 0 Å². The monoisotopic (exact) mass is 309 g/mol. The molecule has 3 rings (SSSR count). The number of ether oxygens (including phenoxy) is 2. The summed E-state index contributed by atoms with van der Waals surface area (Å²) in [6.45, 7) is 0.667. The van der Waals surface area contributed by atoms with Crippen LogP contribution in [0.1, 0.15) is 48.9 Å². The maximum Gasteiger partial charge on any atom is 0.338 e. The number of hydrogen-bond donors (Lipinski definition) is 1. The first-order valence-corrected chi connectivity index (χ1v) is 7.86. The lowest BCUT2D eigenvalue weighted by molar-refractivity contribution is -0.117. The number of nitrogens with two attached hydrogens (primary N) is 1. The van der Waals surface area contributed by atoms with Gasteiger partial charge >= 0.3 is 5.97 Å². The van der Waals surface area contributed by atoms with Gasteiger partial charge in [0.2, 0.25) is 0 Å². The van der Waals surface area contributed by atoms with Gasteiger partial charge in [0.25, 0.3) is 0 Å². The van der Waals surface area contributed by atoms with Crippen LogP contribution < -0.4 is 5.73 Å². The number of benzene rings is 1. The zero-order chi connectivity index (χ0) is 14.9. The first kappa shape index (κ1) is 14.7. The third kappa shape index (κ3) is 3.16. The number of hydrogen-bond acceptors (Lipinski definition) is 4. The Balaban J connectivity index is 1.65. The van der Waals surface area contributed by atoms with Crippen LogP contribution in [0, 0.1) is 0 Å². The molecule has 1 aliphatic heterocycles. The molecule has 1 aliphatic carbocycles. The Labute approximate surface area is 129 Å². The molecule has 21 heavy (non-hydrogen) atoms. The van der Waals surface area contributed by atoms with E-state index in [1.165, 1.54) is 12.8 Å². The van der Waals surface area contributed by atoms with Crippen LogP contribution in [0.3, 0.4) is 0 Å². The Bertz CT molecular complexity index is 540. The van der Waals surface area contributed by atoms with Crippen LogP contribution in [0.5, 0.6) is 0 Å². The van der Waals surface area contributed by atoms with Crippen molar-refractivity contribution in [3.05, 3.63) is 28.8 Å². The van der Waals surface area contributed by atoms with Crippen LogP contribution in [0.4, 0.5) is 5.69 Å². The Morgan fingerprint density at radius 1 is 1.38 bits per heavy atom. The maximum absolute atomic E-state index is 12.2. The number of anilines is 1. The van der Waals surface area contributed by atoms with E-state index in [0.29, 0.717) is 22.9 Å². The fourth-order valence-electron chi connectivity index (χ4n) is 3.32. The third-order valence-electron chi connectivity index (χ3n) is 4.47. The van der Waals surface area contributed by atoms with Gasteiger partial charge < -0.3 is 15.2 Å². The van der Waals surface area contributed by atoms with Crippen molar-refractivity contribution < 1.29 is 14.3 Å². The van der Waals surface area contributed by atoms with Crippen LogP contribution >= 0.6 is 11.6 Å². The van der Waals surface area contributed by atoms with Gasteiger partial charge in [0.15, 0.2) is 0 Å². The highest BCUT2D eigenvalue weighted by molar-refractivity contribution is 6.33. The number of rotatable bonds is 2. The zero-order valence-corrected chi connectivity index (χ0v) is 12.7. The van der Waals surface area contributed by atoms with Gasteiger partial charge in [0.1, 0.15) is 6.10 Å². The average molecular weight is 310 g/mol. The Hall–Kier alpha value is -1.26. The van der Waals surface area contributed by atoms with Gasteiger partial charge in [-0.25, -0.2) is 4.79 Å². The number of halogens is 1. The first-order chi connectivity index (χ1) is 10.1. The fraction of sp³-hybridized carbons (Fsp3) is 0.562. The molecule has 5 heteroatoms. The van der Waals surface area contributed by atoms with Crippen molar-refractivity contribution >= 4 is 23.3 Å². The molecule has 1 spiro atoms. The van der Waals surface area contributed by atoms with E-state index in [1.54, 1.807) is 18.2 Å². The molecule has 2 aliphatic rings. The predicted octanol–water partition coefficient (Wildman–Crippen LogP) is 3.57. The normalized spacial score (nSPS) is 24.1. The van der Waals surface area contributed by atoms with Gasteiger partial charge in [-0.3, -0.25) is 0 Å². The van der Waals surface area contributed by atoms with E-state index in [4.69, 9.17) is 26.8 Å². The van der Waals surface area contributed by atoms with Crippen LogP contribution in [0.15, 0.2) is 18.2 Å². The number of nitrogen functional groups attached to an aromatic ring is 1. The Morgan fingerprint density at radius 3 is 2.86 bits per heavy atom. The van der Waals surface area contributed by atoms with Crippen molar-refractivity contribution in [1.82, 2.24) is 0 Å². The van der Waals surface area contributed by atoms with Gasteiger partial charge in [0, 0.05) is 12.8 Å². The summed E-state index contributed by atoms with van der Waals surface area (Å²) >= 11 is 5.95. The van der Waals surface area contributed by atoms with Crippen molar-refractivity contribution in [1.29, 1.82) is 0 Å². The lowest BCUT2D eigenvalue weighted by Crippen LogP contribution is -2.41. The quantitative estimate of drug-likeness (QED) is 0.670. The molecule has 0 bridgehead atoms. The second kappa shape index (κ2) is 5.85. The summed E-state index contributed by atoms with van der Waals surface area (Å²) in [5.74, 6) is -0.336. The Kier molecular flexibility index (Phi) is 4.09. The molecule has 2 N–H and O–H groups in total. The van der Waals surface area contributed by atoms with E-state index in [1.807, 2.05) is 0 Å². The largest absolute Gasteiger partial charge is 0.459 e. The standard InChI is InChI=1S/C16H20ClNO3/c17-13-9-11(3-4-14(13)18)15(19)21-12-5-8-20-16(10-12)6-1-2-7-16/h3-4,9,12H,1-2,5-8,10,18H2. The number of carbonyl (C=O) groups excluding carboxylic acids is 1. The van der Waals surface area contributed by atoms with E-state index in [9.17, 15) is 4.79 Å². The van der Waals surface area contributed by atoms with E-state index >= 15 is 0 Å². The molecule has 1 saturated heterocycles. The van der Waals surface area contributed by atoms with Crippen molar-refractivity contribution in [2.24, 2.45) is 0 Å². The highest BCUT2D eigenvalue weighted by atomic mass is 35.5. The molecule has 0 amide bonds. The summed E-state index contributed by atoms with van der Waals surface area (Å²) in [4.78, 5) is 12.2. The molecule has 1 aromatic carbocycles. The predicted molar refractivity (Wildman–Crippen MR) is 81.5 cm³/mol. The molecule has 1 aromatic rings. The van der Waals surface area contributed by atoms with Crippen LogP contribution in [0.2, 0.25) is 5.02 Å². The molecular formula is C16H20ClNO3. The van der Waals surface area contributed by atoms with Crippen molar-refractivity contribution in [2.75, 3.05) is 12.3 Å². The summed E-state index contributed by atoms with van der Waals surface area (Å²) in [6.07, 6.45) is 6.06. The number of esters is 1. The van der Waals surface area contributed by atoms with Gasteiger partial charge in [-0.1, -0.05) is 24.4 Å². The fourth-order valence-corrected chi connectivity index (χ4v) is 3.51. The van der Waals surface area contributed by atoms with E-state index in [0.717, 1.165) is 25.7 Å². The van der Waals surface area contributed by atoms with E-state index in [2.05, 4.69) is 0 Å². The highest BCUT2D eigenvalue weighted by Gasteiger charge is 2.41. The first-order valence-electron chi connectivity index (χ1n) is 7.48. The molecule has 0 aromatic heterocycles. The summed E-state index contributed by atoms with van der Waals surface area (Å²) in [5.41, 5.74) is 6.51. The smallest absolute Gasteiger partial charge is 0.338 e. The summed E-state index contributed by atoms with van der Waals surface area (Å²) in [6, 6.07) is 4.83. The topological polar surface area (TPSA) is 61.6 Å². The Morgan fingerprint density at radius 2 is 2.14 bits per heavy atom. The van der Waals surface area contributed by atoms with Gasteiger partial charge in [-0.15, -0.1) is 0 Å². The third-order valence-corrected chi connectivity index (χ3v) is 4.80. The van der Waals surface area contributed by atoms with Crippen LogP contribution in [-0.2, 0) is 9.47 Å². The van der Waals surface area contributed by atoms with E-state index in [-0.39, 0.29) is 17.7 Å². The van der Waals surface area contributed by atoms with Crippen LogP contribution in [0.25, 0.3) is 0 Å². The maximum atomic E-state index is 12.2.